The van der Waals surface area contributed by atoms with E-state index in [0.29, 0.717) is 5.02 Å². The number of hydrogen-bond acceptors (Lipinski definition) is 2. The number of benzene rings is 1. The second kappa shape index (κ2) is 5.36. The standard InChI is InChI=1S/C17H21BClFO2/c1-16(2)17(3,4)22-18(21-16)15(20)13-10-9-11(13)12-7-5-6-8-14(12)19/h5-8,11H,9-10H2,1-4H3. The first-order valence-corrected chi connectivity index (χ1v) is 8.09. The smallest absolute Gasteiger partial charge is 0.398 e. The minimum absolute atomic E-state index is 0.0349. The van der Waals surface area contributed by atoms with Crippen LogP contribution < -0.4 is 0 Å². The molecule has 0 radical (unpaired) electrons. The van der Waals surface area contributed by atoms with Crippen molar-refractivity contribution in [1.82, 2.24) is 0 Å². The molecule has 1 saturated heterocycles. The summed E-state index contributed by atoms with van der Waals surface area (Å²) in [6.45, 7) is 7.71. The minimum Gasteiger partial charge on any atom is -0.398 e. The van der Waals surface area contributed by atoms with Crippen LogP contribution in [0.25, 0.3) is 0 Å². The first kappa shape index (κ1) is 16.0. The molecule has 1 unspecified atom stereocenters. The van der Waals surface area contributed by atoms with Crippen molar-refractivity contribution in [3.63, 3.8) is 0 Å². The summed E-state index contributed by atoms with van der Waals surface area (Å²) < 4.78 is 26.5. The van der Waals surface area contributed by atoms with E-state index in [-0.39, 0.29) is 11.6 Å². The third-order valence-electron chi connectivity index (χ3n) is 5.17. The molecule has 1 heterocycles. The van der Waals surface area contributed by atoms with Gasteiger partial charge in [-0.3, -0.25) is 0 Å². The van der Waals surface area contributed by atoms with Gasteiger partial charge in [-0.1, -0.05) is 29.8 Å². The maximum atomic E-state index is 14.9. The second-order valence-corrected chi connectivity index (χ2v) is 7.48. The van der Waals surface area contributed by atoms with Crippen LogP contribution in [0.3, 0.4) is 0 Å². The maximum Gasteiger partial charge on any atom is 0.525 e. The Kier molecular flexibility index (Phi) is 3.91. The summed E-state index contributed by atoms with van der Waals surface area (Å²) in [5, 5.41) is 0.686. The number of allylic oxidation sites excluding steroid dienone is 1. The van der Waals surface area contributed by atoms with Crippen LogP contribution in [0, 0.1) is 0 Å². The summed E-state index contributed by atoms with van der Waals surface area (Å²) in [5.74, 6) is 0.0349. The van der Waals surface area contributed by atoms with Gasteiger partial charge in [0.05, 0.1) is 11.2 Å². The quantitative estimate of drug-likeness (QED) is 0.708. The number of halogens is 2. The molecule has 1 saturated carbocycles. The van der Waals surface area contributed by atoms with Crippen molar-refractivity contribution in [1.29, 1.82) is 0 Å². The lowest BCUT2D eigenvalue weighted by Crippen LogP contribution is -2.41. The van der Waals surface area contributed by atoms with Crippen molar-refractivity contribution in [3.8, 4) is 0 Å². The Morgan fingerprint density at radius 2 is 1.77 bits per heavy atom. The van der Waals surface area contributed by atoms with Gasteiger partial charge in [0.15, 0.2) is 0 Å². The molecule has 0 aromatic heterocycles. The molecule has 5 heteroatoms. The first-order valence-electron chi connectivity index (χ1n) is 7.71. The highest BCUT2D eigenvalue weighted by Gasteiger charge is 2.54. The van der Waals surface area contributed by atoms with Gasteiger partial charge >= 0.3 is 7.12 Å². The Balaban J connectivity index is 1.87. The van der Waals surface area contributed by atoms with Crippen molar-refractivity contribution >= 4 is 18.7 Å². The van der Waals surface area contributed by atoms with Crippen molar-refractivity contribution in [2.75, 3.05) is 0 Å². The molecule has 22 heavy (non-hydrogen) atoms. The van der Waals surface area contributed by atoms with Crippen LogP contribution >= 0.6 is 11.6 Å². The first-order chi connectivity index (χ1) is 10.2. The molecular formula is C17H21BClFO2. The van der Waals surface area contributed by atoms with Gasteiger partial charge < -0.3 is 9.31 Å². The lowest BCUT2D eigenvalue weighted by molar-refractivity contribution is 0.00578. The van der Waals surface area contributed by atoms with Crippen LogP contribution in [-0.4, -0.2) is 18.3 Å². The highest BCUT2D eigenvalue weighted by molar-refractivity contribution is 6.54. The average molecular weight is 323 g/mol. The molecule has 0 bridgehead atoms. The third-order valence-corrected chi connectivity index (χ3v) is 5.51. The molecule has 1 atom stereocenters. The molecular weight excluding hydrogens is 301 g/mol. The Morgan fingerprint density at radius 3 is 2.27 bits per heavy atom. The van der Waals surface area contributed by atoms with Gasteiger partial charge in [-0.15, -0.1) is 0 Å². The lowest BCUT2D eigenvalue weighted by atomic mass is 9.69. The van der Waals surface area contributed by atoms with Crippen molar-refractivity contribution in [3.05, 3.63) is 46.2 Å². The zero-order chi connectivity index (χ0) is 16.1. The van der Waals surface area contributed by atoms with E-state index in [9.17, 15) is 4.39 Å². The summed E-state index contributed by atoms with van der Waals surface area (Å²) >= 11 is 6.24. The summed E-state index contributed by atoms with van der Waals surface area (Å²) in [4.78, 5) is 0. The molecule has 2 fully saturated rings. The molecule has 1 aliphatic carbocycles. The van der Waals surface area contributed by atoms with Crippen molar-refractivity contribution in [2.24, 2.45) is 0 Å². The number of hydrogen-bond donors (Lipinski definition) is 0. The molecule has 0 spiro atoms. The molecule has 0 amide bonds. The monoisotopic (exact) mass is 322 g/mol. The van der Waals surface area contributed by atoms with Crippen LogP contribution in [0.5, 0.6) is 0 Å². The highest BCUT2D eigenvalue weighted by Crippen LogP contribution is 2.48. The van der Waals surface area contributed by atoms with E-state index in [0.717, 1.165) is 24.0 Å². The van der Waals surface area contributed by atoms with Crippen LogP contribution in [0.1, 0.15) is 52.0 Å². The molecule has 1 aromatic carbocycles. The van der Waals surface area contributed by atoms with E-state index >= 15 is 0 Å². The Bertz CT molecular complexity index is 611. The van der Waals surface area contributed by atoms with Gasteiger partial charge in [-0.2, -0.15) is 0 Å². The average Bonchev–Trinajstić information content (AvgIpc) is 2.60. The molecule has 3 rings (SSSR count). The van der Waals surface area contributed by atoms with Crippen LogP contribution in [-0.2, 0) is 9.31 Å². The molecule has 118 valence electrons. The largest absolute Gasteiger partial charge is 0.525 e. The molecule has 0 N–H and O–H groups in total. The molecule has 1 aromatic rings. The fourth-order valence-electron chi connectivity index (χ4n) is 2.92. The van der Waals surface area contributed by atoms with E-state index in [1.165, 1.54) is 0 Å². The highest BCUT2D eigenvalue weighted by atomic mass is 35.5. The molecule has 2 nitrogen and oxygen atoms in total. The van der Waals surface area contributed by atoms with Gasteiger partial charge in [-0.25, -0.2) is 4.39 Å². The SMILES string of the molecule is CC1(C)OB(C(F)=C2CCC2c2ccccc2Cl)OC1(C)C. The minimum atomic E-state index is -0.912. The predicted octanol–water partition coefficient (Wildman–Crippen LogP) is 5.07. The van der Waals surface area contributed by atoms with E-state index in [2.05, 4.69) is 0 Å². The van der Waals surface area contributed by atoms with Gasteiger partial charge in [-0.05, 0) is 57.7 Å². The zero-order valence-corrected chi connectivity index (χ0v) is 14.2. The summed E-state index contributed by atoms with van der Waals surface area (Å²) in [5.41, 5.74) is 0.400. The molecule has 1 aliphatic heterocycles. The Hall–Kier alpha value is -0.835. The Morgan fingerprint density at radius 1 is 1.18 bits per heavy atom. The second-order valence-electron chi connectivity index (χ2n) is 7.07. The summed E-state index contributed by atoms with van der Waals surface area (Å²) in [6, 6.07) is 7.63. The van der Waals surface area contributed by atoms with Gasteiger partial charge in [0, 0.05) is 10.9 Å². The van der Waals surface area contributed by atoms with Crippen LogP contribution in [0.2, 0.25) is 5.02 Å². The zero-order valence-electron chi connectivity index (χ0n) is 13.5. The van der Waals surface area contributed by atoms with Gasteiger partial charge in [0.2, 0.25) is 0 Å². The fourth-order valence-corrected chi connectivity index (χ4v) is 3.19. The Labute approximate surface area is 136 Å². The summed E-state index contributed by atoms with van der Waals surface area (Å²) in [6.07, 6.45) is 1.64. The van der Waals surface area contributed by atoms with Gasteiger partial charge in [0.1, 0.15) is 5.73 Å². The third kappa shape index (κ3) is 2.51. The van der Waals surface area contributed by atoms with E-state index in [4.69, 9.17) is 20.9 Å². The maximum absolute atomic E-state index is 14.9. The summed E-state index contributed by atoms with van der Waals surface area (Å²) in [7, 11) is -0.912. The van der Waals surface area contributed by atoms with E-state index < -0.39 is 18.3 Å². The van der Waals surface area contributed by atoms with Crippen LogP contribution in [0.15, 0.2) is 35.6 Å². The topological polar surface area (TPSA) is 18.5 Å². The van der Waals surface area contributed by atoms with E-state index in [1.54, 1.807) is 0 Å². The number of rotatable bonds is 2. The lowest BCUT2D eigenvalue weighted by Gasteiger charge is -2.32. The normalized spacial score (nSPS) is 28.5. The van der Waals surface area contributed by atoms with Crippen LogP contribution in [0.4, 0.5) is 4.39 Å². The molecule has 2 aliphatic rings. The van der Waals surface area contributed by atoms with Crippen molar-refractivity contribution < 1.29 is 13.7 Å². The van der Waals surface area contributed by atoms with Crippen molar-refractivity contribution in [2.45, 2.75) is 57.7 Å². The van der Waals surface area contributed by atoms with Gasteiger partial charge in [0.25, 0.3) is 0 Å². The predicted molar refractivity (Wildman–Crippen MR) is 87.6 cm³/mol. The van der Waals surface area contributed by atoms with E-state index in [1.807, 2.05) is 52.0 Å². The fraction of sp³-hybridized carbons (Fsp3) is 0.529.